The SMILES string of the molecule is CCCCOCC(N)c1ccc(Cl)cc1. The van der Waals surface area contributed by atoms with Crippen LogP contribution < -0.4 is 5.73 Å². The highest BCUT2D eigenvalue weighted by molar-refractivity contribution is 6.30. The third-order valence-electron chi connectivity index (χ3n) is 2.24. The Morgan fingerprint density at radius 1 is 1.33 bits per heavy atom. The molecule has 2 N–H and O–H groups in total. The van der Waals surface area contributed by atoms with Crippen LogP contribution in [0.1, 0.15) is 31.4 Å². The van der Waals surface area contributed by atoms with Gasteiger partial charge < -0.3 is 10.5 Å². The van der Waals surface area contributed by atoms with E-state index in [1.54, 1.807) is 0 Å². The molecule has 1 aromatic carbocycles. The molecule has 0 aliphatic rings. The lowest BCUT2D eigenvalue weighted by molar-refractivity contribution is 0.118. The van der Waals surface area contributed by atoms with E-state index in [2.05, 4.69) is 6.92 Å². The minimum atomic E-state index is -0.0564. The van der Waals surface area contributed by atoms with Crippen LogP contribution in [0, 0.1) is 0 Å². The summed E-state index contributed by atoms with van der Waals surface area (Å²) in [7, 11) is 0. The standard InChI is InChI=1S/C12H18ClNO/c1-2-3-8-15-9-12(14)10-4-6-11(13)7-5-10/h4-7,12H,2-3,8-9,14H2,1H3. The zero-order valence-corrected chi connectivity index (χ0v) is 9.83. The predicted octanol–water partition coefficient (Wildman–Crippen LogP) is 3.16. The first kappa shape index (κ1) is 12.5. The maximum Gasteiger partial charge on any atom is 0.0659 e. The van der Waals surface area contributed by atoms with E-state index in [9.17, 15) is 0 Å². The lowest BCUT2D eigenvalue weighted by atomic mass is 10.1. The Hall–Kier alpha value is -0.570. The molecule has 1 aromatic rings. The molecule has 0 fully saturated rings. The van der Waals surface area contributed by atoms with Gasteiger partial charge in [0.25, 0.3) is 0 Å². The summed E-state index contributed by atoms with van der Waals surface area (Å²) in [6, 6.07) is 7.52. The molecule has 0 aliphatic carbocycles. The van der Waals surface area contributed by atoms with Crippen LogP contribution in [-0.4, -0.2) is 13.2 Å². The average Bonchev–Trinajstić information content (AvgIpc) is 2.25. The molecule has 0 aliphatic heterocycles. The molecule has 1 atom stereocenters. The fourth-order valence-electron chi connectivity index (χ4n) is 1.26. The highest BCUT2D eigenvalue weighted by Gasteiger charge is 2.05. The molecule has 1 unspecified atom stereocenters. The van der Waals surface area contributed by atoms with Gasteiger partial charge in [-0.2, -0.15) is 0 Å². The summed E-state index contributed by atoms with van der Waals surface area (Å²) in [6.45, 7) is 3.50. The molecule has 0 saturated heterocycles. The quantitative estimate of drug-likeness (QED) is 0.758. The van der Waals surface area contributed by atoms with Gasteiger partial charge in [0.1, 0.15) is 0 Å². The topological polar surface area (TPSA) is 35.2 Å². The number of halogens is 1. The van der Waals surface area contributed by atoms with E-state index < -0.39 is 0 Å². The Labute approximate surface area is 96.4 Å². The van der Waals surface area contributed by atoms with E-state index in [0.717, 1.165) is 30.0 Å². The zero-order chi connectivity index (χ0) is 11.1. The van der Waals surface area contributed by atoms with Gasteiger partial charge in [0.2, 0.25) is 0 Å². The molecule has 0 spiro atoms. The van der Waals surface area contributed by atoms with Crippen molar-refractivity contribution < 1.29 is 4.74 Å². The fraction of sp³-hybridized carbons (Fsp3) is 0.500. The molecule has 0 radical (unpaired) electrons. The van der Waals surface area contributed by atoms with Crippen molar-refractivity contribution in [3.63, 3.8) is 0 Å². The maximum absolute atomic E-state index is 5.96. The summed E-state index contributed by atoms with van der Waals surface area (Å²) in [6.07, 6.45) is 2.24. The van der Waals surface area contributed by atoms with Gasteiger partial charge in [-0.3, -0.25) is 0 Å². The Morgan fingerprint density at radius 2 is 2.00 bits per heavy atom. The van der Waals surface area contributed by atoms with Crippen molar-refractivity contribution in [3.05, 3.63) is 34.9 Å². The van der Waals surface area contributed by atoms with Crippen molar-refractivity contribution >= 4 is 11.6 Å². The van der Waals surface area contributed by atoms with Gasteiger partial charge in [-0.05, 0) is 24.1 Å². The van der Waals surface area contributed by atoms with Gasteiger partial charge in [-0.1, -0.05) is 37.1 Å². The van der Waals surface area contributed by atoms with Gasteiger partial charge in [-0.15, -0.1) is 0 Å². The van der Waals surface area contributed by atoms with Gasteiger partial charge in [0.05, 0.1) is 12.6 Å². The molecule has 1 rings (SSSR count). The fourth-order valence-corrected chi connectivity index (χ4v) is 1.39. The normalized spacial score (nSPS) is 12.7. The largest absolute Gasteiger partial charge is 0.379 e. The van der Waals surface area contributed by atoms with Crippen LogP contribution in [0.25, 0.3) is 0 Å². The minimum Gasteiger partial charge on any atom is -0.379 e. The Balaban J connectivity index is 2.33. The third-order valence-corrected chi connectivity index (χ3v) is 2.49. The van der Waals surface area contributed by atoms with Gasteiger partial charge in [-0.25, -0.2) is 0 Å². The van der Waals surface area contributed by atoms with E-state index in [1.165, 1.54) is 0 Å². The highest BCUT2D eigenvalue weighted by Crippen LogP contribution is 2.14. The average molecular weight is 228 g/mol. The molecule has 84 valence electrons. The number of rotatable bonds is 6. The van der Waals surface area contributed by atoms with Crippen molar-refractivity contribution in [2.24, 2.45) is 5.73 Å². The van der Waals surface area contributed by atoms with Gasteiger partial charge in [0, 0.05) is 11.6 Å². The Bertz CT molecular complexity index is 273. The van der Waals surface area contributed by atoms with Crippen molar-refractivity contribution in [2.75, 3.05) is 13.2 Å². The Morgan fingerprint density at radius 3 is 2.60 bits per heavy atom. The van der Waals surface area contributed by atoms with Crippen LogP contribution in [0.3, 0.4) is 0 Å². The van der Waals surface area contributed by atoms with Gasteiger partial charge >= 0.3 is 0 Å². The monoisotopic (exact) mass is 227 g/mol. The molecule has 0 bridgehead atoms. The van der Waals surface area contributed by atoms with E-state index in [0.29, 0.717) is 6.61 Å². The second-order valence-electron chi connectivity index (χ2n) is 3.59. The molecule has 0 amide bonds. The number of nitrogens with two attached hydrogens (primary N) is 1. The zero-order valence-electron chi connectivity index (χ0n) is 9.08. The molecule has 0 saturated carbocycles. The van der Waals surface area contributed by atoms with Crippen molar-refractivity contribution in [1.29, 1.82) is 0 Å². The first-order chi connectivity index (χ1) is 7.24. The second kappa shape index (κ2) is 6.83. The van der Waals surface area contributed by atoms with Gasteiger partial charge in [0.15, 0.2) is 0 Å². The van der Waals surface area contributed by atoms with Crippen molar-refractivity contribution in [3.8, 4) is 0 Å². The van der Waals surface area contributed by atoms with E-state index >= 15 is 0 Å². The van der Waals surface area contributed by atoms with Crippen LogP contribution in [0.5, 0.6) is 0 Å². The van der Waals surface area contributed by atoms with Crippen LogP contribution in [0.15, 0.2) is 24.3 Å². The summed E-state index contributed by atoms with van der Waals surface area (Å²) in [5, 5.41) is 0.734. The van der Waals surface area contributed by atoms with Crippen LogP contribution >= 0.6 is 11.6 Å². The van der Waals surface area contributed by atoms with E-state index in [4.69, 9.17) is 22.1 Å². The summed E-state index contributed by atoms with van der Waals surface area (Å²) >= 11 is 5.79. The van der Waals surface area contributed by atoms with E-state index in [1.807, 2.05) is 24.3 Å². The maximum atomic E-state index is 5.96. The third kappa shape index (κ3) is 4.65. The molecular formula is C12H18ClNO. The summed E-state index contributed by atoms with van der Waals surface area (Å²) in [5.41, 5.74) is 7.02. The molecule has 3 heteroatoms. The molecule has 15 heavy (non-hydrogen) atoms. The molecule has 0 aromatic heterocycles. The number of ether oxygens (including phenoxy) is 1. The summed E-state index contributed by atoms with van der Waals surface area (Å²) in [5.74, 6) is 0. The lowest BCUT2D eigenvalue weighted by Gasteiger charge is -2.12. The second-order valence-corrected chi connectivity index (χ2v) is 4.02. The van der Waals surface area contributed by atoms with Crippen LogP contribution in [0.4, 0.5) is 0 Å². The molecule has 0 heterocycles. The number of hydrogen-bond donors (Lipinski definition) is 1. The molecular weight excluding hydrogens is 210 g/mol. The Kier molecular flexibility index (Phi) is 5.69. The van der Waals surface area contributed by atoms with Crippen LogP contribution in [-0.2, 0) is 4.74 Å². The number of hydrogen-bond acceptors (Lipinski definition) is 2. The molecule has 2 nitrogen and oxygen atoms in total. The van der Waals surface area contributed by atoms with Crippen molar-refractivity contribution in [1.82, 2.24) is 0 Å². The van der Waals surface area contributed by atoms with Crippen LogP contribution in [0.2, 0.25) is 5.02 Å². The lowest BCUT2D eigenvalue weighted by Crippen LogP contribution is -2.17. The van der Waals surface area contributed by atoms with E-state index in [-0.39, 0.29) is 6.04 Å². The predicted molar refractivity (Wildman–Crippen MR) is 64.1 cm³/mol. The smallest absolute Gasteiger partial charge is 0.0659 e. The minimum absolute atomic E-state index is 0.0564. The first-order valence-corrected chi connectivity index (χ1v) is 5.70. The summed E-state index contributed by atoms with van der Waals surface area (Å²) < 4.78 is 5.46. The highest BCUT2D eigenvalue weighted by atomic mass is 35.5. The van der Waals surface area contributed by atoms with Crippen molar-refractivity contribution in [2.45, 2.75) is 25.8 Å². The number of unbranched alkanes of at least 4 members (excludes halogenated alkanes) is 1. The summed E-state index contributed by atoms with van der Waals surface area (Å²) in [4.78, 5) is 0. The first-order valence-electron chi connectivity index (χ1n) is 5.33. The number of benzene rings is 1.